The number of pyridine rings is 1. The Morgan fingerprint density at radius 2 is 2.38 bits per heavy atom. The monoisotopic (exact) mass is 236 g/mol. The number of hydrogen-bond donors (Lipinski definition) is 2. The molecule has 0 aliphatic carbocycles. The zero-order valence-electron chi connectivity index (χ0n) is 9.53. The fraction of sp³-hybridized carbons (Fsp3) is 0.455. The molecule has 0 spiro atoms. The first kappa shape index (κ1) is 11.4. The molecule has 5 heteroatoms. The first-order valence-electron chi connectivity index (χ1n) is 5.27. The van der Waals surface area contributed by atoms with Crippen molar-refractivity contribution in [2.75, 3.05) is 12.0 Å². The van der Waals surface area contributed by atoms with Crippen LogP contribution in [0.3, 0.4) is 0 Å². The van der Waals surface area contributed by atoms with Crippen molar-refractivity contribution in [1.82, 2.24) is 15.0 Å². The summed E-state index contributed by atoms with van der Waals surface area (Å²) in [7, 11) is 0. The topological polar surface area (TPSA) is 67.6 Å². The molecule has 4 nitrogen and oxygen atoms in total. The molecule has 0 amide bonds. The Balaban J connectivity index is 2.25. The summed E-state index contributed by atoms with van der Waals surface area (Å²) in [6.45, 7) is 2.01. The largest absolute Gasteiger partial charge is 0.339 e. The molecular formula is C11H16N4S. The van der Waals surface area contributed by atoms with Crippen LogP contribution in [0.5, 0.6) is 0 Å². The molecule has 0 radical (unpaired) electrons. The van der Waals surface area contributed by atoms with Crippen molar-refractivity contribution in [3.63, 3.8) is 0 Å². The van der Waals surface area contributed by atoms with Gasteiger partial charge in [0, 0.05) is 6.20 Å². The van der Waals surface area contributed by atoms with Gasteiger partial charge in [0.05, 0.1) is 11.6 Å². The zero-order valence-corrected chi connectivity index (χ0v) is 10.3. The summed E-state index contributed by atoms with van der Waals surface area (Å²) in [6, 6.07) is 2.02. The van der Waals surface area contributed by atoms with Crippen molar-refractivity contribution in [3.8, 4) is 0 Å². The van der Waals surface area contributed by atoms with Gasteiger partial charge in [-0.15, -0.1) is 0 Å². The van der Waals surface area contributed by atoms with E-state index in [4.69, 9.17) is 5.73 Å². The van der Waals surface area contributed by atoms with Crippen molar-refractivity contribution in [3.05, 3.63) is 23.7 Å². The average Bonchev–Trinajstić information content (AvgIpc) is 2.68. The SMILES string of the molecule is CSCCC(N)c1nc2ncc(C)cc2[nH]1. The van der Waals surface area contributed by atoms with Gasteiger partial charge in [-0.25, -0.2) is 9.97 Å². The first-order chi connectivity index (χ1) is 7.70. The van der Waals surface area contributed by atoms with E-state index in [1.807, 2.05) is 19.2 Å². The van der Waals surface area contributed by atoms with E-state index in [0.29, 0.717) is 0 Å². The highest BCUT2D eigenvalue weighted by atomic mass is 32.2. The van der Waals surface area contributed by atoms with Crippen molar-refractivity contribution < 1.29 is 0 Å². The molecule has 0 aromatic carbocycles. The third-order valence-corrected chi connectivity index (χ3v) is 3.12. The van der Waals surface area contributed by atoms with Gasteiger partial charge in [-0.3, -0.25) is 0 Å². The van der Waals surface area contributed by atoms with Crippen LogP contribution in [-0.4, -0.2) is 27.0 Å². The van der Waals surface area contributed by atoms with E-state index in [9.17, 15) is 0 Å². The number of rotatable bonds is 4. The third-order valence-electron chi connectivity index (χ3n) is 2.48. The van der Waals surface area contributed by atoms with Crippen molar-refractivity contribution in [2.24, 2.45) is 5.73 Å². The van der Waals surface area contributed by atoms with Crippen LogP contribution in [0.2, 0.25) is 0 Å². The van der Waals surface area contributed by atoms with Gasteiger partial charge in [-0.05, 0) is 37.0 Å². The lowest BCUT2D eigenvalue weighted by molar-refractivity contribution is 0.666. The molecule has 3 N–H and O–H groups in total. The van der Waals surface area contributed by atoms with Gasteiger partial charge in [-0.1, -0.05) is 0 Å². The van der Waals surface area contributed by atoms with E-state index in [-0.39, 0.29) is 6.04 Å². The lowest BCUT2D eigenvalue weighted by atomic mass is 10.2. The molecule has 1 atom stereocenters. The number of aromatic amines is 1. The molecular weight excluding hydrogens is 220 g/mol. The minimum absolute atomic E-state index is 0.0260. The standard InChI is InChI=1S/C11H16N4S/c1-7-5-9-11(13-6-7)15-10(14-9)8(12)3-4-16-2/h5-6,8H,3-4,12H2,1-2H3,(H,13,14,15). The Labute approximate surface area is 99.0 Å². The summed E-state index contributed by atoms with van der Waals surface area (Å²) in [5, 5.41) is 0. The number of aryl methyl sites for hydroxylation is 1. The van der Waals surface area contributed by atoms with Crippen LogP contribution in [0.25, 0.3) is 11.2 Å². The minimum Gasteiger partial charge on any atom is -0.339 e. The molecule has 0 fully saturated rings. The number of hydrogen-bond acceptors (Lipinski definition) is 4. The molecule has 0 aliphatic heterocycles. The van der Waals surface area contributed by atoms with Gasteiger partial charge in [0.25, 0.3) is 0 Å². The number of thioether (sulfide) groups is 1. The van der Waals surface area contributed by atoms with E-state index in [2.05, 4.69) is 21.2 Å². The van der Waals surface area contributed by atoms with Crippen molar-refractivity contribution in [2.45, 2.75) is 19.4 Å². The Hall–Kier alpha value is -1.07. The van der Waals surface area contributed by atoms with Crippen molar-refractivity contribution >= 4 is 22.9 Å². The maximum absolute atomic E-state index is 6.05. The Morgan fingerprint density at radius 1 is 1.56 bits per heavy atom. The molecule has 2 aromatic rings. The van der Waals surface area contributed by atoms with Gasteiger partial charge >= 0.3 is 0 Å². The van der Waals surface area contributed by atoms with E-state index >= 15 is 0 Å². The number of H-pyrrole nitrogens is 1. The molecule has 2 rings (SSSR count). The maximum atomic E-state index is 6.05. The van der Waals surface area contributed by atoms with Gasteiger partial charge in [0.15, 0.2) is 5.65 Å². The van der Waals surface area contributed by atoms with Crippen LogP contribution >= 0.6 is 11.8 Å². The fourth-order valence-electron chi connectivity index (χ4n) is 1.58. The number of nitrogens with zero attached hydrogens (tertiary/aromatic N) is 2. The molecule has 1 unspecified atom stereocenters. The number of nitrogens with two attached hydrogens (primary N) is 1. The first-order valence-corrected chi connectivity index (χ1v) is 6.67. The van der Waals surface area contributed by atoms with Crippen LogP contribution in [0.4, 0.5) is 0 Å². The summed E-state index contributed by atoms with van der Waals surface area (Å²) < 4.78 is 0. The van der Waals surface area contributed by atoms with Gasteiger partial charge < -0.3 is 10.7 Å². The molecule has 2 aromatic heterocycles. The highest BCUT2D eigenvalue weighted by Gasteiger charge is 2.11. The number of aromatic nitrogens is 3. The predicted molar refractivity (Wildman–Crippen MR) is 68.6 cm³/mol. The quantitative estimate of drug-likeness (QED) is 0.852. The van der Waals surface area contributed by atoms with E-state index in [0.717, 1.165) is 34.7 Å². The van der Waals surface area contributed by atoms with Crippen LogP contribution in [-0.2, 0) is 0 Å². The summed E-state index contributed by atoms with van der Waals surface area (Å²) in [6.07, 6.45) is 4.83. The molecule has 2 heterocycles. The molecule has 0 aliphatic rings. The van der Waals surface area contributed by atoms with Crippen LogP contribution < -0.4 is 5.73 Å². The molecule has 0 bridgehead atoms. The number of nitrogens with one attached hydrogen (secondary N) is 1. The normalized spacial score (nSPS) is 13.2. The van der Waals surface area contributed by atoms with E-state index in [1.54, 1.807) is 11.8 Å². The highest BCUT2D eigenvalue weighted by molar-refractivity contribution is 7.98. The zero-order chi connectivity index (χ0) is 11.5. The predicted octanol–water partition coefficient (Wildman–Crippen LogP) is 2.02. The van der Waals surface area contributed by atoms with E-state index < -0.39 is 0 Å². The smallest absolute Gasteiger partial charge is 0.177 e. The fourth-order valence-corrected chi connectivity index (χ4v) is 2.07. The summed E-state index contributed by atoms with van der Waals surface area (Å²) in [5.74, 6) is 1.88. The van der Waals surface area contributed by atoms with Crippen LogP contribution in [0, 0.1) is 6.92 Å². The lowest BCUT2D eigenvalue weighted by Crippen LogP contribution is -2.12. The second kappa shape index (κ2) is 4.84. The number of imidazole rings is 1. The second-order valence-electron chi connectivity index (χ2n) is 3.89. The van der Waals surface area contributed by atoms with Gasteiger partial charge in [-0.2, -0.15) is 11.8 Å². The Kier molecular flexibility index (Phi) is 3.46. The maximum Gasteiger partial charge on any atom is 0.177 e. The third kappa shape index (κ3) is 2.36. The summed E-state index contributed by atoms with van der Waals surface area (Å²) in [5.41, 5.74) is 8.89. The molecule has 0 saturated heterocycles. The number of fused-ring (bicyclic) bond motifs is 1. The van der Waals surface area contributed by atoms with Gasteiger partial charge in [0.1, 0.15) is 5.82 Å². The Bertz CT molecular complexity index is 480. The van der Waals surface area contributed by atoms with Crippen LogP contribution in [0.1, 0.15) is 23.9 Å². The second-order valence-corrected chi connectivity index (χ2v) is 4.88. The average molecular weight is 236 g/mol. The summed E-state index contributed by atoms with van der Waals surface area (Å²) >= 11 is 1.80. The van der Waals surface area contributed by atoms with E-state index in [1.165, 1.54) is 0 Å². The molecule has 86 valence electrons. The lowest BCUT2D eigenvalue weighted by Gasteiger charge is -2.06. The van der Waals surface area contributed by atoms with Gasteiger partial charge in [0.2, 0.25) is 0 Å². The van der Waals surface area contributed by atoms with Crippen LogP contribution in [0.15, 0.2) is 12.3 Å². The molecule has 16 heavy (non-hydrogen) atoms. The van der Waals surface area contributed by atoms with Crippen molar-refractivity contribution in [1.29, 1.82) is 0 Å². The molecule has 0 saturated carbocycles. The Morgan fingerprint density at radius 3 is 3.12 bits per heavy atom. The summed E-state index contributed by atoms with van der Waals surface area (Å²) in [4.78, 5) is 11.9. The minimum atomic E-state index is -0.0260. The highest BCUT2D eigenvalue weighted by Crippen LogP contribution is 2.17.